The lowest BCUT2D eigenvalue weighted by Crippen LogP contribution is -2.40. The van der Waals surface area contributed by atoms with Gasteiger partial charge in [-0.25, -0.2) is 9.78 Å². The van der Waals surface area contributed by atoms with E-state index in [0.717, 1.165) is 20.6 Å². The molecule has 3 heterocycles. The number of carbonyl (C=O) groups is 2. The first-order valence-electron chi connectivity index (χ1n) is 7.60. The van der Waals surface area contributed by atoms with Crippen LogP contribution in [0.4, 0.5) is 5.95 Å². The zero-order valence-electron chi connectivity index (χ0n) is 15.0. The zero-order chi connectivity index (χ0) is 20.3. The van der Waals surface area contributed by atoms with E-state index < -0.39 is 17.2 Å². The highest BCUT2D eigenvalue weighted by Crippen LogP contribution is 2.21. The van der Waals surface area contributed by atoms with Crippen LogP contribution in [-0.2, 0) is 18.9 Å². The zero-order valence-corrected chi connectivity index (χ0v) is 15.0. The quantitative estimate of drug-likeness (QED) is 0.603. The molecule has 11 heteroatoms. The number of nitrogens with zero attached hydrogens (tertiary/aromatic N) is 4. The second-order valence-corrected chi connectivity index (χ2v) is 5.54. The average molecular weight is 375 g/mol. The van der Waals surface area contributed by atoms with E-state index in [-0.39, 0.29) is 18.1 Å². The smallest absolute Gasteiger partial charge is 0.331 e. The minimum atomic E-state index is -0.658. The van der Waals surface area contributed by atoms with Crippen LogP contribution in [0.25, 0.3) is 11.1 Å². The molecule has 0 aliphatic heterocycles. The summed E-state index contributed by atoms with van der Waals surface area (Å²) in [6.45, 7) is 3.30. The molecule has 0 saturated heterocycles. The minimum absolute atomic E-state index is 0.0347. The standard InChI is InChI=1S/C15H15N5O4.CH2O2/c1-7-5-9-8(2)16-14(18-13(9)24-7)17-12(22)10-6-11(21)20(4)15(23)19(10)3;2-1-3/h5-6H,1-4H3,(H,16,17,18,22);1H,(H,2,3). The number of nitrogens with one attached hydrogen (secondary N) is 1. The first-order chi connectivity index (χ1) is 12.7. The van der Waals surface area contributed by atoms with Gasteiger partial charge in [0.1, 0.15) is 11.5 Å². The topological polar surface area (TPSA) is 149 Å². The third-order valence-corrected chi connectivity index (χ3v) is 3.69. The molecule has 0 saturated carbocycles. The Morgan fingerprint density at radius 2 is 1.81 bits per heavy atom. The van der Waals surface area contributed by atoms with Crippen LogP contribution in [0.3, 0.4) is 0 Å². The van der Waals surface area contributed by atoms with Crippen LogP contribution in [0, 0.1) is 13.8 Å². The van der Waals surface area contributed by atoms with Crippen molar-refractivity contribution in [2.24, 2.45) is 14.1 Å². The highest BCUT2D eigenvalue weighted by atomic mass is 16.3. The number of aromatic nitrogens is 4. The van der Waals surface area contributed by atoms with E-state index in [9.17, 15) is 14.4 Å². The maximum Gasteiger partial charge on any atom is 0.331 e. The maximum atomic E-state index is 12.4. The number of aryl methyl sites for hydroxylation is 2. The maximum absolute atomic E-state index is 12.4. The third-order valence-electron chi connectivity index (χ3n) is 3.69. The summed E-state index contributed by atoms with van der Waals surface area (Å²) in [6.07, 6.45) is 0. The Morgan fingerprint density at radius 1 is 1.19 bits per heavy atom. The Morgan fingerprint density at radius 3 is 2.44 bits per heavy atom. The van der Waals surface area contributed by atoms with E-state index in [0.29, 0.717) is 17.2 Å². The van der Waals surface area contributed by atoms with Gasteiger partial charge in [0.2, 0.25) is 11.7 Å². The summed E-state index contributed by atoms with van der Waals surface area (Å²) >= 11 is 0. The molecule has 0 radical (unpaired) electrons. The molecule has 0 aliphatic carbocycles. The van der Waals surface area contributed by atoms with Crippen LogP contribution in [0.5, 0.6) is 0 Å². The molecule has 3 aromatic heterocycles. The summed E-state index contributed by atoms with van der Waals surface area (Å²) in [4.78, 5) is 52.7. The fourth-order valence-electron chi connectivity index (χ4n) is 2.36. The van der Waals surface area contributed by atoms with Crippen molar-refractivity contribution in [3.05, 3.63) is 50.1 Å². The molecule has 0 aromatic carbocycles. The molecule has 1 amide bonds. The lowest BCUT2D eigenvalue weighted by atomic mass is 10.3. The van der Waals surface area contributed by atoms with Crippen molar-refractivity contribution < 1.29 is 19.1 Å². The summed E-state index contributed by atoms with van der Waals surface area (Å²) < 4.78 is 7.44. The van der Waals surface area contributed by atoms with Crippen LogP contribution in [0.15, 0.2) is 26.1 Å². The number of furan rings is 1. The van der Waals surface area contributed by atoms with Gasteiger partial charge < -0.3 is 9.52 Å². The molecular formula is C16H17N5O6. The first-order valence-corrected chi connectivity index (χ1v) is 7.60. The van der Waals surface area contributed by atoms with Gasteiger partial charge in [-0.2, -0.15) is 4.98 Å². The summed E-state index contributed by atoms with van der Waals surface area (Å²) in [5.74, 6) is 0.0571. The van der Waals surface area contributed by atoms with Gasteiger partial charge in [-0.3, -0.25) is 28.8 Å². The van der Waals surface area contributed by atoms with Gasteiger partial charge in [0.05, 0.1) is 11.1 Å². The number of amides is 1. The van der Waals surface area contributed by atoms with Crippen molar-refractivity contribution in [1.29, 1.82) is 0 Å². The van der Waals surface area contributed by atoms with Crippen molar-refractivity contribution in [1.82, 2.24) is 19.1 Å². The Labute approximate surface area is 151 Å². The number of rotatable bonds is 2. The van der Waals surface area contributed by atoms with E-state index >= 15 is 0 Å². The normalized spacial score (nSPS) is 10.2. The van der Waals surface area contributed by atoms with Gasteiger partial charge in [0.25, 0.3) is 17.9 Å². The van der Waals surface area contributed by atoms with E-state index in [4.69, 9.17) is 14.3 Å². The molecule has 2 N–H and O–H groups in total. The van der Waals surface area contributed by atoms with Gasteiger partial charge in [-0.05, 0) is 19.9 Å². The number of fused-ring (bicyclic) bond motifs is 1. The lowest BCUT2D eigenvalue weighted by molar-refractivity contribution is -0.122. The Bertz CT molecular complexity index is 1140. The SMILES string of the molecule is Cc1cc2c(C)nc(NC(=O)c3cc(=O)n(C)c(=O)n3C)nc2o1.O=CO. The fourth-order valence-corrected chi connectivity index (χ4v) is 2.36. The molecule has 27 heavy (non-hydrogen) atoms. The third kappa shape index (κ3) is 3.92. The molecule has 0 fully saturated rings. The van der Waals surface area contributed by atoms with Crippen LogP contribution in [0.2, 0.25) is 0 Å². The first kappa shape index (κ1) is 19.6. The van der Waals surface area contributed by atoms with Gasteiger partial charge in [0, 0.05) is 20.2 Å². The van der Waals surface area contributed by atoms with Gasteiger partial charge in [-0.15, -0.1) is 0 Å². The van der Waals surface area contributed by atoms with Crippen LogP contribution < -0.4 is 16.6 Å². The molecule has 0 unspecified atom stereocenters. The number of hydrogen-bond acceptors (Lipinski definition) is 7. The number of hydrogen-bond donors (Lipinski definition) is 2. The fraction of sp³-hybridized carbons (Fsp3) is 0.250. The lowest BCUT2D eigenvalue weighted by Gasteiger charge is -2.09. The van der Waals surface area contributed by atoms with E-state index in [1.807, 2.05) is 0 Å². The predicted molar refractivity (Wildman–Crippen MR) is 94.8 cm³/mol. The number of anilines is 1. The molecule has 0 aliphatic rings. The van der Waals surface area contributed by atoms with Crippen molar-refractivity contribution in [3.63, 3.8) is 0 Å². The molecule has 0 atom stereocenters. The molecule has 0 bridgehead atoms. The average Bonchev–Trinajstić information content (AvgIpc) is 2.97. The highest BCUT2D eigenvalue weighted by Gasteiger charge is 2.16. The predicted octanol–water partition coefficient (Wildman–Crippen LogP) is 0.190. The second kappa shape index (κ2) is 7.64. The second-order valence-electron chi connectivity index (χ2n) is 5.54. The summed E-state index contributed by atoms with van der Waals surface area (Å²) in [5, 5.41) is 10.1. The van der Waals surface area contributed by atoms with Gasteiger partial charge in [0.15, 0.2) is 0 Å². The van der Waals surface area contributed by atoms with E-state index in [1.54, 1.807) is 19.9 Å². The van der Waals surface area contributed by atoms with Crippen LogP contribution in [-0.4, -0.2) is 36.6 Å². The Balaban J connectivity index is 0.000000817. The van der Waals surface area contributed by atoms with Gasteiger partial charge >= 0.3 is 5.69 Å². The molecule has 0 spiro atoms. The van der Waals surface area contributed by atoms with Crippen molar-refractivity contribution in [2.75, 3.05) is 5.32 Å². The molecule has 11 nitrogen and oxygen atoms in total. The van der Waals surface area contributed by atoms with Crippen LogP contribution >= 0.6 is 0 Å². The summed E-state index contributed by atoms with van der Waals surface area (Å²) in [7, 11) is 2.74. The van der Waals surface area contributed by atoms with Crippen molar-refractivity contribution in [3.8, 4) is 0 Å². The summed E-state index contributed by atoms with van der Waals surface area (Å²) in [6, 6.07) is 2.89. The van der Waals surface area contributed by atoms with Crippen molar-refractivity contribution >= 4 is 29.4 Å². The molecule has 142 valence electrons. The summed E-state index contributed by atoms with van der Waals surface area (Å²) in [5.41, 5.74) is -0.252. The van der Waals surface area contributed by atoms with E-state index in [2.05, 4.69) is 15.3 Å². The largest absolute Gasteiger partial charge is 0.483 e. The monoisotopic (exact) mass is 375 g/mol. The molecule has 3 rings (SSSR count). The number of carboxylic acid groups (broad SMARTS) is 1. The highest BCUT2D eigenvalue weighted by molar-refractivity contribution is 6.02. The van der Waals surface area contributed by atoms with E-state index in [1.165, 1.54) is 14.1 Å². The minimum Gasteiger partial charge on any atom is -0.483 e. The number of carbonyl (C=O) groups excluding carboxylic acids is 1. The molecule has 3 aromatic rings. The van der Waals surface area contributed by atoms with Gasteiger partial charge in [-0.1, -0.05) is 0 Å². The Hall–Kier alpha value is -3.76. The Kier molecular flexibility index (Phi) is 5.54. The van der Waals surface area contributed by atoms with Crippen molar-refractivity contribution in [2.45, 2.75) is 13.8 Å². The van der Waals surface area contributed by atoms with Crippen LogP contribution in [0.1, 0.15) is 21.9 Å². The molecular weight excluding hydrogens is 358 g/mol.